The Labute approximate surface area is 189 Å². The van der Waals surface area contributed by atoms with Crippen LogP contribution in [0.15, 0.2) is 80.2 Å². The first-order valence-corrected chi connectivity index (χ1v) is 11.4. The molecule has 0 aliphatic carbocycles. The fraction of sp³-hybridized carbons (Fsp3) is 0.240. The highest BCUT2D eigenvalue weighted by molar-refractivity contribution is 9.10. The summed E-state index contributed by atoms with van der Waals surface area (Å²) in [6.45, 7) is 1.98. The SMILES string of the molecule is O=C(Nc1c([C@@H](c2ccc(Br)cc2)N2CCCCC2)oc2ccccc12)c1ccco1. The molecule has 5 nitrogen and oxygen atoms in total. The summed E-state index contributed by atoms with van der Waals surface area (Å²) in [7, 11) is 0. The molecule has 1 fully saturated rings. The molecule has 0 saturated carbocycles. The van der Waals surface area contributed by atoms with Gasteiger partial charge in [0.15, 0.2) is 5.76 Å². The molecule has 5 rings (SSSR count). The predicted molar refractivity (Wildman–Crippen MR) is 124 cm³/mol. The van der Waals surface area contributed by atoms with Gasteiger partial charge in [0.1, 0.15) is 11.3 Å². The summed E-state index contributed by atoms with van der Waals surface area (Å²) >= 11 is 3.54. The van der Waals surface area contributed by atoms with Crippen molar-refractivity contribution in [3.63, 3.8) is 0 Å². The Morgan fingerprint density at radius 3 is 2.48 bits per heavy atom. The lowest BCUT2D eigenvalue weighted by Gasteiger charge is -2.34. The van der Waals surface area contributed by atoms with Crippen LogP contribution < -0.4 is 5.32 Å². The van der Waals surface area contributed by atoms with Crippen LogP contribution in [0.1, 0.15) is 47.2 Å². The third-order valence-electron chi connectivity index (χ3n) is 5.80. The molecular weight excluding hydrogens is 456 g/mol. The number of halogens is 1. The third-order valence-corrected chi connectivity index (χ3v) is 6.32. The fourth-order valence-corrected chi connectivity index (χ4v) is 4.58. The van der Waals surface area contributed by atoms with Crippen LogP contribution in [0.3, 0.4) is 0 Å². The standard InChI is InChI=1S/C25H23BrN2O3/c26-18-12-10-17(11-13-18)23(28-14-4-1-5-15-28)24-22(19-7-2-3-8-20(19)31-24)27-25(29)21-9-6-16-30-21/h2-3,6-13,16,23H,1,4-5,14-15H2,(H,27,29)/t23-/m1/s1. The van der Waals surface area contributed by atoms with Crippen molar-refractivity contribution in [2.45, 2.75) is 25.3 Å². The number of carbonyl (C=O) groups excluding carboxylic acids is 1. The summed E-state index contributed by atoms with van der Waals surface area (Å²) in [4.78, 5) is 15.3. The van der Waals surface area contributed by atoms with E-state index in [9.17, 15) is 4.79 Å². The number of furan rings is 2. The van der Waals surface area contributed by atoms with Crippen molar-refractivity contribution in [2.75, 3.05) is 18.4 Å². The molecule has 4 aromatic rings. The summed E-state index contributed by atoms with van der Waals surface area (Å²) in [5.74, 6) is 0.741. The highest BCUT2D eigenvalue weighted by Crippen LogP contribution is 2.41. The Bertz CT molecular complexity index is 1180. The second kappa shape index (κ2) is 8.73. The molecule has 1 amide bonds. The van der Waals surface area contributed by atoms with Gasteiger partial charge in [-0.2, -0.15) is 0 Å². The quantitative estimate of drug-likeness (QED) is 0.350. The Morgan fingerprint density at radius 2 is 1.74 bits per heavy atom. The molecule has 1 aliphatic heterocycles. The molecule has 1 atom stereocenters. The van der Waals surface area contributed by atoms with E-state index in [1.807, 2.05) is 24.3 Å². The number of amides is 1. The van der Waals surface area contributed by atoms with Crippen molar-refractivity contribution in [1.29, 1.82) is 0 Å². The third kappa shape index (κ3) is 4.05. The van der Waals surface area contributed by atoms with Crippen molar-refractivity contribution >= 4 is 38.5 Å². The molecule has 3 heterocycles. The van der Waals surface area contributed by atoms with Crippen LogP contribution in [-0.2, 0) is 0 Å². The zero-order chi connectivity index (χ0) is 21.2. The fourth-order valence-electron chi connectivity index (χ4n) is 4.32. The number of hydrogen-bond acceptors (Lipinski definition) is 4. The maximum absolute atomic E-state index is 12.9. The van der Waals surface area contributed by atoms with Crippen LogP contribution >= 0.6 is 15.9 Å². The zero-order valence-corrected chi connectivity index (χ0v) is 18.6. The molecule has 0 spiro atoms. The predicted octanol–water partition coefficient (Wildman–Crippen LogP) is 6.62. The number of rotatable bonds is 5. The minimum atomic E-state index is -0.286. The van der Waals surface area contributed by atoms with Gasteiger partial charge in [-0.15, -0.1) is 0 Å². The van der Waals surface area contributed by atoms with E-state index < -0.39 is 0 Å². The minimum Gasteiger partial charge on any atom is -0.459 e. The smallest absolute Gasteiger partial charge is 0.291 e. The van der Waals surface area contributed by atoms with E-state index in [4.69, 9.17) is 8.83 Å². The molecule has 1 N–H and O–H groups in total. The average Bonchev–Trinajstić information content (AvgIpc) is 3.45. The van der Waals surface area contributed by atoms with Crippen LogP contribution in [0.2, 0.25) is 0 Å². The highest BCUT2D eigenvalue weighted by atomic mass is 79.9. The average molecular weight is 479 g/mol. The number of likely N-dealkylation sites (tertiary alicyclic amines) is 1. The van der Waals surface area contributed by atoms with E-state index in [0.29, 0.717) is 5.69 Å². The largest absolute Gasteiger partial charge is 0.459 e. The number of benzene rings is 2. The van der Waals surface area contributed by atoms with Crippen LogP contribution in [0, 0.1) is 0 Å². The molecule has 31 heavy (non-hydrogen) atoms. The van der Waals surface area contributed by atoms with Gasteiger partial charge < -0.3 is 14.2 Å². The number of anilines is 1. The number of hydrogen-bond donors (Lipinski definition) is 1. The molecule has 0 unspecified atom stereocenters. The number of para-hydroxylation sites is 1. The van der Waals surface area contributed by atoms with E-state index in [0.717, 1.165) is 52.7 Å². The Kier molecular flexibility index (Phi) is 5.66. The van der Waals surface area contributed by atoms with E-state index in [1.165, 1.54) is 12.7 Å². The highest BCUT2D eigenvalue weighted by Gasteiger charge is 2.31. The second-order valence-electron chi connectivity index (χ2n) is 7.82. The van der Waals surface area contributed by atoms with E-state index in [-0.39, 0.29) is 17.7 Å². The van der Waals surface area contributed by atoms with Crippen molar-refractivity contribution in [1.82, 2.24) is 4.90 Å². The van der Waals surface area contributed by atoms with E-state index >= 15 is 0 Å². The van der Waals surface area contributed by atoms with Crippen molar-refractivity contribution in [3.05, 3.63) is 88.5 Å². The van der Waals surface area contributed by atoms with Crippen molar-refractivity contribution in [3.8, 4) is 0 Å². The number of nitrogens with one attached hydrogen (secondary N) is 1. The van der Waals surface area contributed by atoms with Gasteiger partial charge in [-0.1, -0.05) is 46.6 Å². The second-order valence-corrected chi connectivity index (χ2v) is 8.74. The van der Waals surface area contributed by atoms with Gasteiger partial charge in [0, 0.05) is 9.86 Å². The Balaban J connectivity index is 1.64. The number of carbonyl (C=O) groups is 1. The molecule has 158 valence electrons. The van der Waals surface area contributed by atoms with Gasteiger partial charge in [0.05, 0.1) is 18.0 Å². The number of fused-ring (bicyclic) bond motifs is 1. The van der Waals surface area contributed by atoms with Crippen LogP contribution in [0.25, 0.3) is 11.0 Å². The van der Waals surface area contributed by atoms with Gasteiger partial charge in [0.25, 0.3) is 5.91 Å². The molecule has 0 bridgehead atoms. The van der Waals surface area contributed by atoms with Crippen molar-refractivity contribution in [2.24, 2.45) is 0 Å². The van der Waals surface area contributed by atoms with E-state index in [2.05, 4.69) is 50.4 Å². The topological polar surface area (TPSA) is 58.6 Å². The molecule has 6 heteroatoms. The minimum absolute atomic E-state index is 0.0901. The first-order chi connectivity index (χ1) is 15.2. The molecule has 0 radical (unpaired) electrons. The van der Waals surface area contributed by atoms with Crippen LogP contribution in [-0.4, -0.2) is 23.9 Å². The van der Waals surface area contributed by atoms with Gasteiger partial charge in [-0.3, -0.25) is 9.69 Å². The van der Waals surface area contributed by atoms with Crippen LogP contribution in [0.4, 0.5) is 5.69 Å². The summed E-state index contributed by atoms with van der Waals surface area (Å²) in [5.41, 5.74) is 2.60. The van der Waals surface area contributed by atoms with Gasteiger partial charge in [-0.05, 0) is 67.9 Å². The molecular formula is C25H23BrN2O3. The number of nitrogens with zero attached hydrogens (tertiary/aromatic N) is 1. The lowest BCUT2D eigenvalue weighted by molar-refractivity contribution is 0.0996. The van der Waals surface area contributed by atoms with Gasteiger partial charge in [0.2, 0.25) is 0 Å². The molecule has 2 aromatic carbocycles. The monoisotopic (exact) mass is 478 g/mol. The summed E-state index contributed by atoms with van der Waals surface area (Å²) < 4.78 is 12.8. The molecule has 1 aliphatic rings. The first-order valence-electron chi connectivity index (χ1n) is 10.6. The first kappa shape index (κ1) is 20.1. The lowest BCUT2D eigenvalue weighted by Crippen LogP contribution is -2.34. The van der Waals surface area contributed by atoms with Gasteiger partial charge in [-0.25, -0.2) is 0 Å². The molecule has 1 saturated heterocycles. The summed E-state index contributed by atoms with van der Waals surface area (Å²) in [6.07, 6.45) is 5.05. The van der Waals surface area contributed by atoms with Crippen LogP contribution in [0.5, 0.6) is 0 Å². The van der Waals surface area contributed by atoms with Crippen molar-refractivity contribution < 1.29 is 13.6 Å². The number of piperidine rings is 1. The Hall–Kier alpha value is -2.83. The normalized spacial score (nSPS) is 15.8. The van der Waals surface area contributed by atoms with E-state index in [1.54, 1.807) is 12.1 Å². The summed E-state index contributed by atoms with van der Waals surface area (Å²) in [6, 6.07) is 19.5. The van der Waals surface area contributed by atoms with Gasteiger partial charge >= 0.3 is 0 Å². The maximum atomic E-state index is 12.9. The zero-order valence-electron chi connectivity index (χ0n) is 17.0. The Morgan fingerprint density at radius 1 is 0.968 bits per heavy atom. The maximum Gasteiger partial charge on any atom is 0.291 e. The lowest BCUT2D eigenvalue weighted by atomic mass is 9.98. The molecule has 2 aromatic heterocycles. The summed E-state index contributed by atoms with van der Waals surface area (Å²) in [5, 5.41) is 3.96.